The molecule has 0 unspecified atom stereocenters. The van der Waals surface area contributed by atoms with Crippen LogP contribution in [0.2, 0.25) is 0 Å². The Morgan fingerprint density at radius 3 is 1.93 bits per heavy atom. The molecule has 0 radical (unpaired) electrons. The first kappa shape index (κ1) is 18.5. The van der Waals surface area contributed by atoms with Crippen LogP contribution in [0.3, 0.4) is 0 Å². The number of hydrogen-bond acceptors (Lipinski definition) is 4. The number of anilines is 2. The summed E-state index contributed by atoms with van der Waals surface area (Å²) < 4.78 is 30.5. The van der Waals surface area contributed by atoms with Crippen molar-refractivity contribution in [2.45, 2.75) is 0 Å². The maximum atomic E-state index is 12.3. The lowest BCUT2D eigenvalue weighted by Gasteiger charge is -2.09. The summed E-state index contributed by atoms with van der Waals surface area (Å²) in [5.41, 5.74) is 1.47. The smallest absolute Gasteiger partial charge is 0.255 e. The number of rotatable bonds is 6. The summed E-state index contributed by atoms with van der Waals surface area (Å²) in [6.07, 6.45) is 1.08. The van der Waals surface area contributed by atoms with E-state index in [-0.39, 0.29) is 5.91 Å². The molecule has 0 aliphatic rings. The molecule has 0 aliphatic carbocycles. The Hall–Kier alpha value is -3.32. The molecular weight excluding hydrogens is 364 g/mol. The largest absolute Gasteiger partial charge is 0.457 e. The number of nitrogens with one attached hydrogen (secondary N) is 2. The lowest BCUT2D eigenvalue weighted by molar-refractivity contribution is 0.102. The summed E-state index contributed by atoms with van der Waals surface area (Å²) in [6.45, 7) is 0. The van der Waals surface area contributed by atoms with Crippen LogP contribution in [0.4, 0.5) is 11.4 Å². The summed E-state index contributed by atoms with van der Waals surface area (Å²) in [7, 11) is -3.33. The zero-order valence-electron chi connectivity index (χ0n) is 14.5. The lowest BCUT2D eigenvalue weighted by Crippen LogP contribution is -2.12. The van der Waals surface area contributed by atoms with Crippen molar-refractivity contribution < 1.29 is 17.9 Å². The van der Waals surface area contributed by atoms with Gasteiger partial charge in [-0.05, 0) is 60.7 Å². The number of benzene rings is 3. The van der Waals surface area contributed by atoms with E-state index in [1.807, 2.05) is 30.3 Å². The fourth-order valence-corrected chi connectivity index (χ4v) is 2.90. The topological polar surface area (TPSA) is 84.5 Å². The number of para-hydroxylation sites is 1. The minimum Gasteiger partial charge on any atom is -0.457 e. The number of sulfonamides is 1. The van der Waals surface area contributed by atoms with E-state index >= 15 is 0 Å². The minimum absolute atomic E-state index is 0.273. The predicted molar refractivity (Wildman–Crippen MR) is 106 cm³/mol. The number of carbonyl (C=O) groups is 1. The SMILES string of the molecule is CS(=O)(=O)Nc1ccc(NC(=O)c2ccc(Oc3ccccc3)cc2)cc1. The van der Waals surface area contributed by atoms with Crippen LogP contribution in [0.15, 0.2) is 78.9 Å². The van der Waals surface area contributed by atoms with Gasteiger partial charge in [-0.3, -0.25) is 9.52 Å². The zero-order valence-corrected chi connectivity index (χ0v) is 15.4. The first-order chi connectivity index (χ1) is 12.9. The fourth-order valence-electron chi connectivity index (χ4n) is 2.34. The second-order valence-corrected chi connectivity index (χ2v) is 7.59. The van der Waals surface area contributed by atoms with E-state index in [2.05, 4.69) is 10.0 Å². The molecule has 0 fully saturated rings. The van der Waals surface area contributed by atoms with Crippen LogP contribution in [-0.2, 0) is 10.0 Å². The van der Waals surface area contributed by atoms with E-state index in [1.165, 1.54) is 0 Å². The summed E-state index contributed by atoms with van der Waals surface area (Å²) in [6, 6.07) is 22.6. The molecule has 7 heteroatoms. The third kappa shape index (κ3) is 5.58. The number of carbonyl (C=O) groups excluding carboxylic acids is 1. The van der Waals surface area contributed by atoms with E-state index in [0.29, 0.717) is 22.7 Å². The molecule has 0 saturated carbocycles. The molecule has 138 valence electrons. The van der Waals surface area contributed by atoms with Crippen LogP contribution in [0, 0.1) is 0 Å². The maximum Gasteiger partial charge on any atom is 0.255 e. The Kier molecular flexibility index (Phi) is 5.42. The number of ether oxygens (including phenoxy) is 1. The average molecular weight is 382 g/mol. The quantitative estimate of drug-likeness (QED) is 0.672. The second kappa shape index (κ2) is 7.92. The summed E-state index contributed by atoms with van der Waals surface area (Å²) >= 11 is 0. The highest BCUT2D eigenvalue weighted by atomic mass is 32.2. The highest BCUT2D eigenvalue weighted by Crippen LogP contribution is 2.22. The highest BCUT2D eigenvalue weighted by Gasteiger charge is 2.07. The summed E-state index contributed by atoms with van der Waals surface area (Å²) in [4.78, 5) is 12.3. The van der Waals surface area contributed by atoms with Gasteiger partial charge in [-0.2, -0.15) is 0 Å². The zero-order chi connectivity index (χ0) is 19.3. The van der Waals surface area contributed by atoms with E-state index in [4.69, 9.17) is 4.74 Å². The molecule has 0 heterocycles. The highest BCUT2D eigenvalue weighted by molar-refractivity contribution is 7.92. The minimum atomic E-state index is -3.33. The third-order valence-corrected chi connectivity index (χ3v) is 4.15. The Morgan fingerprint density at radius 2 is 1.33 bits per heavy atom. The first-order valence-electron chi connectivity index (χ1n) is 8.11. The van der Waals surface area contributed by atoms with Crippen molar-refractivity contribution in [1.29, 1.82) is 0 Å². The monoisotopic (exact) mass is 382 g/mol. The standard InChI is InChI=1S/C20H18N2O4S/c1-27(24,25)22-17-11-9-16(10-12-17)21-20(23)15-7-13-19(14-8-15)26-18-5-3-2-4-6-18/h2-14,22H,1H3,(H,21,23). The Balaban J connectivity index is 1.62. The molecule has 27 heavy (non-hydrogen) atoms. The fraction of sp³-hybridized carbons (Fsp3) is 0.0500. The average Bonchev–Trinajstić information content (AvgIpc) is 2.63. The van der Waals surface area contributed by atoms with E-state index in [0.717, 1.165) is 12.0 Å². The van der Waals surface area contributed by atoms with Crippen molar-refractivity contribution in [3.63, 3.8) is 0 Å². The van der Waals surface area contributed by atoms with Gasteiger partial charge < -0.3 is 10.1 Å². The van der Waals surface area contributed by atoms with Gasteiger partial charge in [0.2, 0.25) is 10.0 Å². The van der Waals surface area contributed by atoms with Crippen LogP contribution in [0.5, 0.6) is 11.5 Å². The molecule has 3 rings (SSSR count). The number of amides is 1. The molecule has 3 aromatic carbocycles. The first-order valence-corrected chi connectivity index (χ1v) is 10.0. The molecular formula is C20H18N2O4S. The van der Waals surface area contributed by atoms with Gasteiger partial charge in [0.05, 0.1) is 6.26 Å². The van der Waals surface area contributed by atoms with Gasteiger partial charge in [-0.15, -0.1) is 0 Å². The van der Waals surface area contributed by atoms with Crippen molar-refractivity contribution in [2.24, 2.45) is 0 Å². The van der Waals surface area contributed by atoms with Gasteiger partial charge in [-0.25, -0.2) is 8.42 Å². The molecule has 0 aliphatic heterocycles. The Bertz CT molecular complexity index is 1020. The van der Waals surface area contributed by atoms with Crippen LogP contribution in [0.25, 0.3) is 0 Å². The van der Waals surface area contributed by atoms with Crippen LogP contribution in [-0.4, -0.2) is 20.6 Å². The maximum absolute atomic E-state index is 12.3. The van der Waals surface area contributed by atoms with Crippen molar-refractivity contribution in [2.75, 3.05) is 16.3 Å². The van der Waals surface area contributed by atoms with Gasteiger partial charge in [0, 0.05) is 16.9 Å². The van der Waals surface area contributed by atoms with Crippen molar-refractivity contribution in [3.8, 4) is 11.5 Å². The van der Waals surface area contributed by atoms with Gasteiger partial charge >= 0.3 is 0 Å². The van der Waals surface area contributed by atoms with Gasteiger partial charge in [0.25, 0.3) is 5.91 Å². The third-order valence-electron chi connectivity index (χ3n) is 3.54. The lowest BCUT2D eigenvalue weighted by atomic mass is 10.2. The van der Waals surface area contributed by atoms with Gasteiger partial charge in [0.1, 0.15) is 11.5 Å². The van der Waals surface area contributed by atoms with Crippen molar-refractivity contribution >= 4 is 27.3 Å². The van der Waals surface area contributed by atoms with E-state index < -0.39 is 10.0 Å². The molecule has 6 nitrogen and oxygen atoms in total. The van der Waals surface area contributed by atoms with E-state index in [1.54, 1.807) is 48.5 Å². The molecule has 1 amide bonds. The van der Waals surface area contributed by atoms with Crippen molar-refractivity contribution in [1.82, 2.24) is 0 Å². The normalized spacial score (nSPS) is 10.9. The Morgan fingerprint density at radius 1 is 0.778 bits per heavy atom. The van der Waals surface area contributed by atoms with Crippen LogP contribution in [0.1, 0.15) is 10.4 Å². The predicted octanol–water partition coefficient (Wildman–Crippen LogP) is 4.10. The summed E-state index contributed by atoms with van der Waals surface area (Å²) in [5, 5.41) is 2.76. The van der Waals surface area contributed by atoms with Gasteiger partial charge in [0.15, 0.2) is 0 Å². The van der Waals surface area contributed by atoms with Gasteiger partial charge in [-0.1, -0.05) is 18.2 Å². The molecule has 0 saturated heterocycles. The molecule has 0 atom stereocenters. The van der Waals surface area contributed by atoms with Crippen molar-refractivity contribution in [3.05, 3.63) is 84.4 Å². The van der Waals surface area contributed by atoms with Crippen LogP contribution < -0.4 is 14.8 Å². The summed E-state index contributed by atoms with van der Waals surface area (Å²) in [5.74, 6) is 1.08. The molecule has 0 spiro atoms. The molecule has 2 N–H and O–H groups in total. The number of hydrogen-bond donors (Lipinski definition) is 2. The molecule has 0 bridgehead atoms. The Labute approximate surface area is 157 Å². The molecule has 3 aromatic rings. The van der Waals surface area contributed by atoms with E-state index in [9.17, 15) is 13.2 Å². The molecule has 0 aromatic heterocycles. The second-order valence-electron chi connectivity index (χ2n) is 5.85. The van der Waals surface area contributed by atoms with Crippen LogP contribution >= 0.6 is 0 Å².